The van der Waals surface area contributed by atoms with Crippen LogP contribution in [-0.2, 0) is 0 Å². The summed E-state index contributed by atoms with van der Waals surface area (Å²) in [6.07, 6.45) is 0. The highest BCUT2D eigenvalue weighted by atomic mass is 35.5. The van der Waals surface area contributed by atoms with Crippen LogP contribution in [0.1, 0.15) is 5.56 Å². The molecule has 0 amide bonds. The summed E-state index contributed by atoms with van der Waals surface area (Å²) in [6.45, 7) is 2.04. The van der Waals surface area contributed by atoms with Gasteiger partial charge in [0.15, 0.2) is 0 Å². The van der Waals surface area contributed by atoms with E-state index in [1.54, 1.807) is 6.07 Å². The first-order chi connectivity index (χ1) is 11.2. The molecule has 0 saturated carbocycles. The number of fused-ring (bicyclic) bond motifs is 1. The van der Waals surface area contributed by atoms with Gasteiger partial charge in [-0.05, 0) is 19.1 Å². The average Bonchev–Trinajstić information content (AvgIpc) is 3.04. The second kappa shape index (κ2) is 5.48. The molecule has 4 rings (SSSR count). The maximum absolute atomic E-state index is 6.11. The highest BCUT2D eigenvalue weighted by Gasteiger charge is 2.14. The Labute approximate surface area is 137 Å². The van der Waals surface area contributed by atoms with Crippen LogP contribution in [0.4, 0.5) is 0 Å². The van der Waals surface area contributed by atoms with E-state index in [0.29, 0.717) is 16.9 Å². The molecule has 0 saturated heterocycles. The lowest BCUT2D eigenvalue weighted by Crippen LogP contribution is -1.86. The molecule has 0 fully saturated rings. The van der Waals surface area contributed by atoms with Crippen LogP contribution in [0, 0.1) is 6.92 Å². The van der Waals surface area contributed by atoms with Crippen LogP contribution < -0.4 is 0 Å². The zero-order chi connectivity index (χ0) is 15.8. The lowest BCUT2D eigenvalue weighted by molar-refractivity contribution is 0.432. The van der Waals surface area contributed by atoms with Crippen molar-refractivity contribution in [3.63, 3.8) is 0 Å². The van der Waals surface area contributed by atoms with Crippen molar-refractivity contribution < 1.29 is 4.52 Å². The van der Waals surface area contributed by atoms with E-state index in [-0.39, 0.29) is 0 Å². The van der Waals surface area contributed by atoms with Crippen LogP contribution in [0.3, 0.4) is 0 Å². The number of hydrogen-bond acceptors (Lipinski definition) is 4. The van der Waals surface area contributed by atoms with E-state index in [0.717, 1.165) is 22.0 Å². The second-order valence-corrected chi connectivity index (χ2v) is 5.69. The minimum absolute atomic E-state index is 0.397. The normalized spacial score (nSPS) is 11.0. The maximum atomic E-state index is 6.11. The first-order valence-electron chi connectivity index (χ1n) is 7.17. The number of halogens is 1. The van der Waals surface area contributed by atoms with Crippen LogP contribution in [0.15, 0.2) is 59.1 Å². The van der Waals surface area contributed by atoms with Crippen molar-refractivity contribution in [1.82, 2.24) is 15.1 Å². The first-order valence-corrected chi connectivity index (χ1v) is 7.55. The number of pyridine rings is 1. The summed E-state index contributed by atoms with van der Waals surface area (Å²) in [4.78, 5) is 8.82. The Bertz CT molecular complexity index is 993. The van der Waals surface area contributed by atoms with Gasteiger partial charge in [-0.3, -0.25) is 0 Å². The van der Waals surface area contributed by atoms with Gasteiger partial charge < -0.3 is 4.52 Å². The lowest BCUT2D eigenvalue weighted by atomic mass is 10.1. The number of para-hydroxylation sites is 1. The van der Waals surface area contributed by atoms with Crippen LogP contribution in [0.2, 0.25) is 5.15 Å². The quantitative estimate of drug-likeness (QED) is 0.492. The smallest absolute Gasteiger partial charge is 0.259 e. The van der Waals surface area contributed by atoms with E-state index in [2.05, 4.69) is 15.1 Å². The molecule has 0 aliphatic carbocycles. The Morgan fingerprint density at radius 1 is 0.957 bits per heavy atom. The third-order valence-corrected chi connectivity index (χ3v) is 3.84. The van der Waals surface area contributed by atoms with E-state index in [4.69, 9.17) is 16.1 Å². The van der Waals surface area contributed by atoms with E-state index in [1.165, 1.54) is 5.56 Å². The van der Waals surface area contributed by atoms with Gasteiger partial charge >= 0.3 is 0 Å². The van der Waals surface area contributed by atoms with Gasteiger partial charge in [-0.2, -0.15) is 4.98 Å². The minimum atomic E-state index is 0.397. The highest BCUT2D eigenvalue weighted by molar-refractivity contribution is 6.30. The SMILES string of the molecule is Cc1ccc(-c2noc(-c3cc(Cl)nc4ccccc34)n2)cc1. The Kier molecular flexibility index (Phi) is 3.32. The standard InChI is InChI=1S/C18H12ClN3O/c1-11-6-8-12(9-7-11)17-21-18(23-22-17)14-10-16(19)20-15-5-3-2-4-13(14)15/h2-10H,1H3. The summed E-state index contributed by atoms with van der Waals surface area (Å²) in [5.41, 5.74) is 3.68. The average molecular weight is 322 g/mol. The Hall–Kier alpha value is -2.72. The van der Waals surface area contributed by atoms with E-state index >= 15 is 0 Å². The number of rotatable bonds is 2. The van der Waals surface area contributed by atoms with Gasteiger partial charge in [0.1, 0.15) is 5.15 Å². The third kappa shape index (κ3) is 2.58. The van der Waals surface area contributed by atoms with Crippen molar-refractivity contribution in [2.75, 3.05) is 0 Å². The fraction of sp³-hybridized carbons (Fsp3) is 0.0556. The summed E-state index contributed by atoms with van der Waals surface area (Å²) in [5.74, 6) is 0.984. The lowest BCUT2D eigenvalue weighted by Gasteiger charge is -2.02. The Balaban J connectivity index is 1.85. The topological polar surface area (TPSA) is 51.8 Å². The summed E-state index contributed by atoms with van der Waals surface area (Å²) in [7, 11) is 0. The highest BCUT2D eigenvalue weighted by Crippen LogP contribution is 2.30. The zero-order valence-corrected chi connectivity index (χ0v) is 13.1. The molecule has 0 spiro atoms. The van der Waals surface area contributed by atoms with E-state index < -0.39 is 0 Å². The second-order valence-electron chi connectivity index (χ2n) is 5.30. The molecule has 4 nitrogen and oxygen atoms in total. The third-order valence-electron chi connectivity index (χ3n) is 3.65. The van der Waals surface area contributed by atoms with Crippen LogP contribution in [0.5, 0.6) is 0 Å². The molecule has 23 heavy (non-hydrogen) atoms. The van der Waals surface area contributed by atoms with Gasteiger partial charge in [0.05, 0.1) is 11.1 Å². The molecule has 0 N–H and O–H groups in total. The molecule has 0 atom stereocenters. The van der Waals surface area contributed by atoms with Crippen molar-refractivity contribution >= 4 is 22.5 Å². The monoisotopic (exact) mass is 321 g/mol. The molecule has 112 valence electrons. The van der Waals surface area contributed by atoms with Gasteiger partial charge in [-0.1, -0.05) is 64.8 Å². The number of aromatic nitrogens is 3. The molecular weight excluding hydrogens is 310 g/mol. The summed E-state index contributed by atoms with van der Waals surface area (Å²) >= 11 is 6.11. The van der Waals surface area contributed by atoms with Crippen LogP contribution >= 0.6 is 11.6 Å². The fourth-order valence-corrected chi connectivity index (χ4v) is 2.67. The molecule has 2 aromatic heterocycles. The maximum Gasteiger partial charge on any atom is 0.259 e. The molecule has 4 aromatic rings. The molecule has 0 aliphatic heterocycles. The largest absolute Gasteiger partial charge is 0.334 e. The predicted molar refractivity (Wildman–Crippen MR) is 90.2 cm³/mol. The minimum Gasteiger partial charge on any atom is -0.334 e. The molecule has 2 aromatic carbocycles. The fourth-order valence-electron chi connectivity index (χ4n) is 2.47. The van der Waals surface area contributed by atoms with Gasteiger partial charge in [0.25, 0.3) is 5.89 Å². The molecule has 0 aliphatic rings. The molecule has 0 radical (unpaired) electrons. The van der Waals surface area contributed by atoms with Crippen LogP contribution in [-0.4, -0.2) is 15.1 Å². The van der Waals surface area contributed by atoms with Crippen molar-refractivity contribution in [3.05, 3.63) is 65.3 Å². The summed E-state index contributed by atoms with van der Waals surface area (Å²) in [6, 6.07) is 17.5. The first kappa shape index (κ1) is 13.9. The number of aryl methyl sites for hydroxylation is 1. The number of nitrogens with zero attached hydrogens (tertiary/aromatic N) is 3. The van der Waals surface area contributed by atoms with Gasteiger partial charge in [0.2, 0.25) is 5.82 Å². The van der Waals surface area contributed by atoms with Gasteiger partial charge in [-0.15, -0.1) is 0 Å². The Morgan fingerprint density at radius 2 is 1.74 bits per heavy atom. The zero-order valence-electron chi connectivity index (χ0n) is 12.3. The van der Waals surface area contributed by atoms with Crippen molar-refractivity contribution in [3.8, 4) is 22.8 Å². The molecule has 0 bridgehead atoms. The molecule has 0 unspecified atom stereocenters. The van der Waals surface area contributed by atoms with Crippen molar-refractivity contribution in [2.24, 2.45) is 0 Å². The Morgan fingerprint density at radius 3 is 2.57 bits per heavy atom. The number of hydrogen-bond donors (Lipinski definition) is 0. The van der Waals surface area contributed by atoms with Crippen molar-refractivity contribution in [1.29, 1.82) is 0 Å². The number of benzene rings is 2. The summed E-state index contributed by atoms with van der Waals surface area (Å²) < 4.78 is 5.45. The van der Waals surface area contributed by atoms with Crippen LogP contribution in [0.25, 0.3) is 33.7 Å². The summed E-state index contributed by atoms with van der Waals surface area (Å²) in [5, 5.41) is 5.40. The molecule has 2 heterocycles. The van der Waals surface area contributed by atoms with Gasteiger partial charge in [-0.25, -0.2) is 4.98 Å². The van der Waals surface area contributed by atoms with Gasteiger partial charge in [0, 0.05) is 10.9 Å². The van der Waals surface area contributed by atoms with E-state index in [9.17, 15) is 0 Å². The van der Waals surface area contributed by atoms with E-state index in [1.807, 2.05) is 55.5 Å². The van der Waals surface area contributed by atoms with Crippen molar-refractivity contribution in [2.45, 2.75) is 6.92 Å². The molecular formula is C18H12ClN3O. The molecule has 5 heteroatoms. The predicted octanol–water partition coefficient (Wildman–Crippen LogP) is 4.91.